The smallest absolute Gasteiger partial charge is 0.305 e. The molecule has 0 aromatic rings. The van der Waals surface area contributed by atoms with Crippen LogP contribution in [0.15, 0.2) is 0 Å². The molecule has 0 aliphatic carbocycles. The summed E-state index contributed by atoms with van der Waals surface area (Å²) >= 11 is 0. The van der Waals surface area contributed by atoms with Crippen LogP contribution >= 0.6 is 0 Å². The lowest BCUT2D eigenvalue weighted by Crippen LogP contribution is -2.45. The van der Waals surface area contributed by atoms with E-state index in [-0.39, 0.29) is 18.5 Å². The first kappa shape index (κ1) is 56.9. The van der Waals surface area contributed by atoms with Gasteiger partial charge in [0.15, 0.2) is 0 Å². The standard InChI is InChI=1S/C52H103NO5/c1-3-5-7-9-11-13-15-17-22-26-30-34-38-42-46-52(57)58-47-43-39-35-31-27-23-20-18-19-21-25-29-33-37-41-45-51(56)53-49(48-54)50(55)44-40-36-32-28-24-16-14-12-10-8-6-4-2/h49-50,54-55H,3-48H2,1-2H3,(H,53,56). The number of aliphatic hydroxyl groups is 2. The van der Waals surface area contributed by atoms with Gasteiger partial charge in [0.05, 0.1) is 25.4 Å². The van der Waals surface area contributed by atoms with Gasteiger partial charge in [0.2, 0.25) is 5.91 Å². The van der Waals surface area contributed by atoms with Crippen LogP contribution in [0.25, 0.3) is 0 Å². The second-order valence-corrected chi connectivity index (χ2v) is 18.2. The molecule has 0 aliphatic heterocycles. The van der Waals surface area contributed by atoms with Crippen molar-refractivity contribution in [1.29, 1.82) is 0 Å². The Hall–Kier alpha value is -1.14. The van der Waals surface area contributed by atoms with E-state index in [9.17, 15) is 19.8 Å². The third kappa shape index (κ3) is 44.4. The van der Waals surface area contributed by atoms with E-state index in [1.807, 2.05) is 0 Å². The second-order valence-electron chi connectivity index (χ2n) is 18.2. The fourth-order valence-electron chi connectivity index (χ4n) is 8.35. The number of amides is 1. The molecule has 0 aromatic carbocycles. The molecule has 0 aliphatic rings. The van der Waals surface area contributed by atoms with Crippen molar-refractivity contribution in [1.82, 2.24) is 5.32 Å². The van der Waals surface area contributed by atoms with E-state index >= 15 is 0 Å². The minimum absolute atomic E-state index is 0.00340. The van der Waals surface area contributed by atoms with Gasteiger partial charge in [-0.3, -0.25) is 9.59 Å². The summed E-state index contributed by atoms with van der Waals surface area (Å²) in [7, 11) is 0. The van der Waals surface area contributed by atoms with Gasteiger partial charge in [-0.25, -0.2) is 0 Å². The highest BCUT2D eigenvalue weighted by Gasteiger charge is 2.20. The maximum atomic E-state index is 12.4. The van der Waals surface area contributed by atoms with Crippen molar-refractivity contribution in [3.63, 3.8) is 0 Å². The average molecular weight is 822 g/mol. The molecule has 0 spiro atoms. The zero-order valence-electron chi connectivity index (χ0n) is 39.3. The van der Waals surface area contributed by atoms with Gasteiger partial charge < -0.3 is 20.3 Å². The summed E-state index contributed by atoms with van der Waals surface area (Å²) in [6.07, 6.45) is 53.6. The Balaban J connectivity index is 3.40. The van der Waals surface area contributed by atoms with Crippen molar-refractivity contribution in [2.45, 2.75) is 309 Å². The highest BCUT2D eigenvalue weighted by Crippen LogP contribution is 2.17. The lowest BCUT2D eigenvalue weighted by Gasteiger charge is -2.22. The molecular weight excluding hydrogens is 719 g/mol. The normalized spacial score (nSPS) is 12.6. The first-order chi connectivity index (χ1) is 28.5. The van der Waals surface area contributed by atoms with Crippen LogP contribution in [-0.2, 0) is 14.3 Å². The fraction of sp³-hybridized carbons (Fsp3) is 0.962. The summed E-state index contributed by atoms with van der Waals surface area (Å²) in [6, 6.07) is -0.545. The topological polar surface area (TPSA) is 95.9 Å². The summed E-state index contributed by atoms with van der Waals surface area (Å²) in [5.74, 6) is -0.0392. The summed E-state index contributed by atoms with van der Waals surface area (Å²) in [5, 5.41) is 23.2. The first-order valence-corrected chi connectivity index (χ1v) is 26.3. The van der Waals surface area contributed by atoms with Crippen LogP contribution in [0.3, 0.4) is 0 Å². The van der Waals surface area contributed by atoms with Gasteiger partial charge >= 0.3 is 5.97 Å². The van der Waals surface area contributed by atoms with Crippen LogP contribution in [0.4, 0.5) is 0 Å². The number of rotatable bonds is 49. The van der Waals surface area contributed by atoms with Gasteiger partial charge in [-0.15, -0.1) is 0 Å². The minimum Gasteiger partial charge on any atom is -0.466 e. The summed E-state index contributed by atoms with van der Waals surface area (Å²) in [5.41, 5.74) is 0. The lowest BCUT2D eigenvalue weighted by molar-refractivity contribution is -0.143. The number of unbranched alkanes of at least 4 members (excludes halogenated alkanes) is 38. The Kier molecular flexibility index (Phi) is 47.6. The van der Waals surface area contributed by atoms with Crippen LogP contribution in [0.2, 0.25) is 0 Å². The molecule has 1 amide bonds. The zero-order valence-corrected chi connectivity index (χ0v) is 39.3. The molecule has 6 heteroatoms. The third-order valence-corrected chi connectivity index (χ3v) is 12.4. The molecule has 0 heterocycles. The zero-order chi connectivity index (χ0) is 42.3. The van der Waals surface area contributed by atoms with Crippen LogP contribution in [0.5, 0.6) is 0 Å². The average Bonchev–Trinajstić information content (AvgIpc) is 3.22. The molecule has 0 saturated carbocycles. The molecule has 346 valence electrons. The monoisotopic (exact) mass is 822 g/mol. The third-order valence-electron chi connectivity index (χ3n) is 12.4. The van der Waals surface area contributed by atoms with E-state index in [2.05, 4.69) is 19.2 Å². The van der Waals surface area contributed by atoms with Crippen molar-refractivity contribution in [3.05, 3.63) is 0 Å². The molecule has 0 fully saturated rings. The molecule has 6 nitrogen and oxygen atoms in total. The van der Waals surface area contributed by atoms with Crippen LogP contribution in [0, 0.1) is 0 Å². The van der Waals surface area contributed by atoms with Crippen LogP contribution in [-0.4, -0.2) is 47.4 Å². The molecular formula is C52H103NO5. The van der Waals surface area contributed by atoms with Gasteiger partial charge in [-0.05, 0) is 25.7 Å². The first-order valence-electron chi connectivity index (χ1n) is 26.3. The fourth-order valence-corrected chi connectivity index (χ4v) is 8.35. The highest BCUT2D eigenvalue weighted by atomic mass is 16.5. The largest absolute Gasteiger partial charge is 0.466 e. The van der Waals surface area contributed by atoms with Crippen LogP contribution in [0.1, 0.15) is 296 Å². The van der Waals surface area contributed by atoms with Crippen LogP contribution < -0.4 is 5.32 Å². The summed E-state index contributed by atoms with van der Waals surface area (Å²) < 4.78 is 5.47. The van der Waals surface area contributed by atoms with E-state index < -0.39 is 12.1 Å². The number of aliphatic hydroxyl groups excluding tert-OH is 2. The molecule has 0 bridgehead atoms. The summed E-state index contributed by atoms with van der Waals surface area (Å²) in [4.78, 5) is 24.4. The molecule has 0 radical (unpaired) electrons. The number of carbonyl (C=O) groups excluding carboxylic acids is 2. The number of hydrogen-bond acceptors (Lipinski definition) is 5. The van der Waals surface area contributed by atoms with Gasteiger partial charge in [0.25, 0.3) is 0 Å². The maximum Gasteiger partial charge on any atom is 0.305 e. The van der Waals surface area contributed by atoms with Gasteiger partial charge in [-0.2, -0.15) is 0 Å². The van der Waals surface area contributed by atoms with E-state index in [4.69, 9.17) is 4.74 Å². The molecule has 0 saturated heterocycles. The molecule has 2 unspecified atom stereocenters. The van der Waals surface area contributed by atoms with E-state index in [1.54, 1.807) is 0 Å². The minimum atomic E-state index is -0.667. The molecule has 0 aromatic heterocycles. The van der Waals surface area contributed by atoms with Gasteiger partial charge in [0.1, 0.15) is 0 Å². The van der Waals surface area contributed by atoms with Crippen molar-refractivity contribution in [3.8, 4) is 0 Å². The lowest BCUT2D eigenvalue weighted by atomic mass is 10.0. The van der Waals surface area contributed by atoms with Gasteiger partial charge in [0, 0.05) is 12.8 Å². The Morgan fingerprint density at radius 3 is 1.05 bits per heavy atom. The maximum absolute atomic E-state index is 12.4. The number of carbonyl (C=O) groups is 2. The Morgan fingerprint density at radius 2 is 0.707 bits per heavy atom. The number of nitrogens with one attached hydrogen (secondary N) is 1. The Labute approximate surface area is 362 Å². The van der Waals surface area contributed by atoms with Gasteiger partial charge in [-0.1, -0.05) is 258 Å². The van der Waals surface area contributed by atoms with E-state index in [0.717, 1.165) is 44.9 Å². The van der Waals surface area contributed by atoms with E-state index in [1.165, 1.54) is 218 Å². The quantitative estimate of drug-likeness (QED) is 0.0420. The summed E-state index contributed by atoms with van der Waals surface area (Å²) in [6.45, 7) is 4.94. The Morgan fingerprint density at radius 1 is 0.414 bits per heavy atom. The molecule has 0 rings (SSSR count). The highest BCUT2D eigenvalue weighted by molar-refractivity contribution is 5.76. The predicted molar refractivity (Wildman–Crippen MR) is 250 cm³/mol. The SMILES string of the molecule is CCCCCCCCCCCCCCCCC(=O)OCCCCCCCCCCCCCCCCCC(=O)NC(CO)C(O)CCCCCCCCCCCCCC. The number of hydrogen-bond donors (Lipinski definition) is 3. The van der Waals surface area contributed by atoms with Crippen molar-refractivity contribution < 1.29 is 24.5 Å². The Bertz CT molecular complexity index is 822. The van der Waals surface area contributed by atoms with Crippen molar-refractivity contribution >= 4 is 11.9 Å². The molecule has 58 heavy (non-hydrogen) atoms. The number of ether oxygens (including phenoxy) is 1. The van der Waals surface area contributed by atoms with Crippen molar-refractivity contribution in [2.24, 2.45) is 0 Å². The molecule has 2 atom stereocenters. The van der Waals surface area contributed by atoms with E-state index in [0.29, 0.717) is 25.9 Å². The molecule has 3 N–H and O–H groups in total. The number of esters is 1. The predicted octanol–water partition coefficient (Wildman–Crippen LogP) is 15.6. The van der Waals surface area contributed by atoms with Crippen molar-refractivity contribution in [2.75, 3.05) is 13.2 Å². The second kappa shape index (κ2) is 48.5.